The molecule has 0 atom stereocenters. The minimum atomic E-state index is -0.168. The van der Waals surface area contributed by atoms with Gasteiger partial charge in [0.25, 0.3) is 0 Å². The Balaban J connectivity index is 1.75. The quantitative estimate of drug-likeness (QED) is 0.178. The number of ether oxygens (including phenoxy) is 1. The number of aromatic nitrogens is 1. The third-order valence-corrected chi connectivity index (χ3v) is 5.31. The van der Waals surface area contributed by atoms with Gasteiger partial charge in [-0.3, -0.25) is 4.79 Å². The Morgan fingerprint density at radius 2 is 1.64 bits per heavy atom. The van der Waals surface area contributed by atoms with Crippen LogP contribution < -0.4 is 4.74 Å². The van der Waals surface area contributed by atoms with Crippen LogP contribution in [0.1, 0.15) is 55.1 Å². The molecule has 0 amide bonds. The van der Waals surface area contributed by atoms with Crippen molar-refractivity contribution in [1.82, 2.24) is 4.98 Å². The Bertz CT molecular complexity index is 1290. The van der Waals surface area contributed by atoms with Crippen LogP contribution in [0.5, 0.6) is 5.75 Å². The van der Waals surface area contributed by atoms with E-state index in [-0.39, 0.29) is 11.2 Å². The van der Waals surface area contributed by atoms with Gasteiger partial charge < -0.3 is 9.15 Å². The predicted molar refractivity (Wildman–Crippen MR) is 133 cm³/mol. The van der Waals surface area contributed by atoms with Crippen molar-refractivity contribution in [2.45, 2.75) is 33.1 Å². The van der Waals surface area contributed by atoms with Crippen LogP contribution in [0.2, 0.25) is 0 Å². The molecule has 166 valence electrons. The molecule has 0 N–H and O–H groups in total. The number of hydrogen-bond donors (Lipinski definition) is 0. The van der Waals surface area contributed by atoms with Crippen LogP contribution in [0.3, 0.4) is 0 Å². The maximum Gasteiger partial charge on any atom is 0.231 e. The van der Waals surface area contributed by atoms with E-state index in [0.29, 0.717) is 33.9 Å². The smallest absolute Gasteiger partial charge is 0.231 e. The molecule has 0 fully saturated rings. The molecule has 1 heterocycles. The van der Waals surface area contributed by atoms with Crippen LogP contribution in [-0.4, -0.2) is 10.8 Å². The van der Waals surface area contributed by atoms with Crippen molar-refractivity contribution < 1.29 is 13.9 Å². The van der Waals surface area contributed by atoms with Crippen molar-refractivity contribution >= 4 is 28.5 Å². The number of carbonyl (C=O) groups is 1. The van der Waals surface area contributed by atoms with Gasteiger partial charge in [-0.05, 0) is 65.9 Å². The standard InChI is InChI=1S/C29H27NO3/c1-5-18-32-23-16-12-21(13-17-23)27(31)24(28-30-25-8-6-7-9-26(25)33-28)19-20-10-14-22(15-11-20)29(2,3)4/h5-19H,1-4H3. The molecule has 0 saturated heterocycles. The number of nitrogens with zero attached hydrogens (tertiary/aromatic N) is 1. The maximum atomic E-state index is 13.6. The summed E-state index contributed by atoms with van der Waals surface area (Å²) in [6, 6.07) is 22.8. The monoisotopic (exact) mass is 437 g/mol. The third kappa shape index (κ3) is 5.12. The summed E-state index contributed by atoms with van der Waals surface area (Å²) in [6.45, 7) is 8.40. The molecule has 33 heavy (non-hydrogen) atoms. The molecular weight excluding hydrogens is 410 g/mol. The lowest BCUT2D eigenvalue weighted by Crippen LogP contribution is -2.10. The van der Waals surface area contributed by atoms with Crippen LogP contribution >= 0.6 is 0 Å². The summed E-state index contributed by atoms with van der Waals surface area (Å²) in [5.41, 5.74) is 4.47. The molecule has 0 bridgehead atoms. The zero-order valence-corrected chi connectivity index (χ0v) is 19.3. The molecule has 0 unspecified atom stereocenters. The van der Waals surface area contributed by atoms with Gasteiger partial charge in [0.15, 0.2) is 11.4 Å². The Hall–Kier alpha value is -3.92. The summed E-state index contributed by atoms with van der Waals surface area (Å²) >= 11 is 0. The number of fused-ring (bicyclic) bond motifs is 1. The SMILES string of the molecule is CC=COc1ccc(C(=O)C(=Cc2ccc(C(C)(C)C)cc2)c2nc3ccccc3o2)cc1. The van der Waals surface area contributed by atoms with E-state index >= 15 is 0 Å². The van der Waals surface area contributed by atoms with Crippen LogP contribution in [0, 0.1) is 0 Å². The number of carbonyl (C=O) groups excluding carboxylic acids is 1. The zero-order valence-electron chi connectivity index (χ0n) is 19.3. The van der Waals surface area contributed by atoms with Crippen LogP contribution in [0.15, 0.2) is 89.6 Å². The third-order valence-electron chi connectivity index (χ3n) is 5.31. The fourth-order valence-electron chi connectivity index (χ4n) is 3.44. The highest BCUT2D eigenvalue weighted by Crippen LogP contribution is 2.28. The summed E-state index contributed by atoms with van der Waals surface area (Å²) in [4.78, 5) is 18.1. The van der Waals surface area contributed by atoms with E-state index < -0.39 is 0 Å². The second-order valence-corrected chi connectivity index (χ2v) is 8.86. The second kappa shape index (κ2) is 9.29. The van der Waals surface area contributed by atoms with Gasteiger partial charge in [-0.1, -0.05) is 63.2 Å². The number of oxazole rings is 1. The Labute approximate surface area is 194 Å². The molecule has 0 aliphatic carbocycles. The van der Waals surface area contributed by atoms with Crippen LogP contribution in [-0.2, 0) is 5.41 Å². The van der Waals surface area contributed by atoms with Gasteiger partial charge in [-0.2, -0.15) is 0 Å². The molecular formula is C29H27NO3. The number of allylic oxidation sites excluding steroid dienone is 2. The molecule has 0 aliphatic heterocycles. The highest BCUT2D eigenvalue weighted by molar-refractivity contribution is 6.31. The number of ketones is 1. The summed E-state index contributed by atoms with van der Waals surface area (Å²) in [5.74, 6) is 0.796. The van der Waals surface area contributed by atoms with E-state index in [0.717, 1.165) is 5.56 Å². The molecule has 0 radical (unpaired) electrons. The van der Waals surface area contributed by atoms with Crippen molar-refractivity contribution in [2.24, 2.45) is 0 Å². The van der Waals surface area contributed by atoms with Gasteiger partial charge in [0.05, 0.1) is 11.8 Å². The minimum Gasteiger partial charge on any atom is -0.465 e. The predicted octanol–water partition coefficient (Wildman–Crippen LogP) is 7.46. The topological polar surface area (TPSA) is 52.3 Å². The lowest BCUT2D eigenvalue weighted by molar-refractivity contribution is 0.105. The average molecular weight is 438 g/mol. The maximum absolute atomic E-state index is 13.6. The van der Waals surface area contributed by atoms with Gasteiger partial charge in [-0.25, -0.2) is 4.98 Å². The minimum absolute atomic E-state index is 0.0535. The van der Waals surface area contributed by atoms with Crippen LogP contribution in [0.4, 0.5) is 0 Å². The van der Waals surface area contributed by atoms with Crippen molar-refractivity contribution in [2.75, 3.05) is 0 Å². The van der Waals surface area contributed by atoms with E-state index in [4.69, 9.17) is 9.15 Å². The summed E-state index contributed by atoms with van der Waals surface area (Å²) < 4.78 is 11.4. The molecule has 4 heteroatoms. The van der Waals surface area contributed by atoms with Crippen molar-refractivity contribution in [3.63, 3.8) is 0 Å². The van der Waals surface area contributed by atoms with E-state index in [1.54, 1.807) is 36.6 Å². The van der Waals surface area contributed by atoms with Crippen molar-refractivity contribution in [3.05, 3.63) is 108 Å². The summed E-state index contributed by atoms with van der Waals surface area (Å²) in [7, 11) is 0. The number of benzene rings is 3. The van der Waals surface area contributed by atoms with Crippen molar-refractivity contribution in [1.29, 1.82) is 0 Å². The molecule has 1 aromatic heterocycles. The Morgan fingerprint density at radius 1 is 0.939 bits per heavy atom. The van der Waals surface area contributed by atoms with Gasteiger partial charge in [0, 0.05) is 5.56 Å². The average Bonchev–Trinajstić information content (AvgIpc) is 3.25. The summed E-state index contributed by atoms with van der Waals surface area (Å²) in [5, 5.41) is 0. The Kier molecular flexibility index (Phi) is 6.27. The first-order valence-corrected chi connectivity index (χ1v) is 11.0. The first-order valence-electron chi connectivity index (χ1n) is 11.0. The normalized spacial score (nSPS) is 12.4. The molecule has 4 aromatic rings. The molecule has 0 aliphatic rings. The van der Waals surface area contributed by atoms with Gasteiger partial charge >= 0.3 is 0 Å². The highest BCUT2D eigenvalue weighted by atomic mass is 16.5. The number of hydrogen-bond acceptors (Lipinski definition) is 4. The lowest BCUT2D eigenvalue weighted by Gasteiger charge is -2.18. The lowest BCUT2D eigenvalue weighted by atomic mass is 9.86. The fourth-order valence-corrected chi connectivity index (χ4v) is 3.44. The second-order valence-electron chi connectivity index (χ2n) is 8.86. The Morgan fingerprint density at radius 3 is 2.27 bits per heavy atom. The molecule has 0 spiro atoms. The zero-order chi connectivity index (χ0) is 23.4. The van der Waals surface area contributed by atoms with E-state index in [9.17, 15) is 4.79 Å². The van der Waals surface area contributed by atoms with Crippen LogP contribution in [0.25, 0.3) is 22.7 Å². The van der Waals surface area contributed by atoms with Gasteiger partial charge in [0.1, 0.15) is 11.3 Å². The summed E-state index contributed by atoms with van der Waals surface area (Å²) in [6.07, 6.45) is 5.24. The largest absolute Gasteiger partial charge is 0.465 e. The first kappa shape index (κ1) is 22.3. The van der Waals surface area contributed by atoms with Gasteiger partial charge in [-0.15, -0.1) is 0 Å². The molecule has 3 aromatic carbocycles. The molecule has 0 saturated carbocycles. The van der Waals surface area contributed by atoms with E-state index in [1.807, 2.05) is 49.4 Å². The number of rotatable bonds is 6. The highest BCUT2D eigenvalue weighted by Gasteiger charge is 2.21. The van der Waals surface area contributed by atoms with E-state index in [1.165, 1.54) is 5.56 Å². The number of para-hydroxylation sites is 2. The van der Waals surface area contributed by atoms with Gasteiger partial charge in [0.2, 0.25) is 5.89 Å². The number of Topliss-reactive ketones (excluding diaryl/α,β-unsaturated/α-hetero) is 1. The fraction of sp³-hybridized carbons (Fsp3) is 0.172. The first-order chi connectivity index (χ1) is 15.8. The van der Waals surface area contributed by atoms with E-state index in [2.05, 4.69) is 37.9 Å². The molecule has 4 nitrogen and oxygen atoms in total. The van der Waals surface area contributed by atoms with Crippen molar-refractivity contribution in [3.8, 4) is 5.75 Å². The molecule has 4 rings (SSSR count).